The van der Waals surface area contributed by atoms with Gasteiger partial charge in [-0.25, -0.2) is 4.98 Å². The molecule has 0 atom stereocenters. The fourth-order valence-corrected chi connectivity index (χ4v) is 5.33. The molecule has 33 heavy (non-hydrogen) atoms. The molecule has 9 heteroatoms. The molecule has 0 radical (unpaired) electrons. The van der Waals surface area contributed by atoms with Gasteiger partial charge in [0.25, 0.3) is 0 Å². The van der Waals surface area contributed by atoms with Gasteiger partial charge in [-0.1, -0.05) is 60.5 Å². The van der Waals surface area contributed by atoms with E-state index in [4.69, 9.17) is 11.6 Å². The van der Waals surface area contributed by atoms with Crippen LogP contribution in [-0.2, 0) is 0 Å². The van der Waals surface area contributed by atoms with E-state index >= 15 is 0 Å². The van der Waals surface area contributed by atoms with Crippen LogP contribution in [0, 0.1) is 11.3 Å². The summed E-state index contributed by atoms with van der Waals surface area (Å²) in [7, 11) is 0. The number of nitrogens with one attached hydrogen (secondary N) is 1. The number of aliphatic hydroxyl groups is 1. The molecule has 1 saturated carbocycles. The first-order valence-electron chi connectivity index (χ1n) is 10.8. The van der Waals surface area contributed by atoms with Gasteiger partial charge >= 0.3 is 0 Å². The summed E-state index contributed by atoms with van der Waals surface area (Å²) in [5.41, 5.74) is 2.51. The van der Waals surface area contributed by atoms with E-state index in [0.29, 0.717) is 16.0 Å². The van der Waals surface area contributed by atoms with Crippen molar-refractivity contribution < 1.29 is 5.11 Å². The monoisotopic (exact) mass is 476 g/mol. The summed E-state index contributed by atoms with van der Waals surface area (Å²) in [6.07, 6.45) is 4.41. The zero-order valence-electron chi connectivity index (χ0n) is 17.7. The molecule has 0 amide bonds. The number of benzene rings is 2. The molecular weight excluding hydrogens is 456 g/mol. The maximum Gasteiger partial charge on any atom is 0.192 e. The molecule has 0 bridgehead atoms. The van der Waals surface area contributed by atoms with E-state index in [2.05, 4.69) is 30.8 Å². The summed E-state index contributed by atoms with van der Waals surface area (Å²) in [5, 5.41) is 30.7. The van der Waals surface area contributed by atoms with Crippen LogP contribution >= 0.6 is 23.4 Å². The Hall–Kier alpha value is -3.28. The number of rotatable bonds is 6. The van der Waals surface area contributed by atoms with Crippen molar-refractivity contribution in [2.24, 2.45) is 0 Å². The normalized spacial score (nSPS) is 15.0. The summed E-state index contributed by atoms with van der Waals surface area (Å²) in [5.74, 6) is 1.21. The number of hydrogen-bond acceptors (Lipinski definition) is 6. The minimum atomic E-state index is -0.0539. The van der Waals surface area contributed by atoms with Crippen LogP contribution < -0.4 is 0 Å². The molecule has 0 aliphatic heterocycles. The molecule has 2 N–H and O–H groups in total. The van der Waals surface area contributed by atoms with Gasteiger partial charge in [0.2, 0.25) is 0 Å². The smallest absolute Gasteiger partial charge is 0.192 e. The zero-order chi connectivity index (χ0) is 22.8. The molecule has 2 aromatic heterocycles. The molecule has 7 nitrogen and oxygen atoms in total. The van der Waals surface area contributed by atoms with Crippen LogP contribution in [0.2, 0.25) is 5.02 Å². The van der Waals surface area contributed by atoms with Gasteiger partial charge in [-0.3, -0.25) is 4.57 Å². The molecule has 0 saturated heterocycles. The Balaban J connectivity index is 1.46. The third-order valence-electron chi connectivity index (χ3n) is 5.83. The van der Waals surface area contributed by atoms with Gasteiger partial charge in [0.05, 0.1) is 21.8 Å². The van der Waals surface area contributed by atoms with Gasteiger partial charge in [-0.15, -0.1) is 10.2 Å². The number of aromatic amines is 1. The molecule has 2 aromatic carbocycles. The van der Waals surface area contributed by atoms with E-state index in [0.717, 1.165) is 48.1 Å². The van der Waals surface area contributed by atoms with Crippen LogP contribution in [0.3, 0.4) is 0 Å². The zero-order valence-corrected chi connectivity index (χ0v) is 19.3. The van der Waals surface area contributed by atoms with E-state index < -0.39 is 0 Å². The molecule has 4 aromatic rings. The van der Waals surface area contributed by atoms with Gasteiger partial charge in [0, 0.05) is 11.6 Å². The quantitative estimate of drug-likeness (QED) is 0.196. The Morgan fingerprint density at radius 3 is 2.67 bits per heavy atom. The van der Waals surface area contributed by atoms with Crippen molar-refractivity contribution in [1.82, 2.24) is 24.7 Å². The predicted octanol–water partition coefficient (Wildman–Crippen LogP) is 6.17. The van der Waals surface area contributed by atoms with Crippen LogP contribution in [0.15, 0.2) is 59.4 Å². The van der Waals surface area contributed by atoms with Crippen molar-refractivity contribution >= 4 is 40.0 Å². The lowest BCUT2D eigenvalue weighted by Crippen LogP contribution is -2.09. The number of aliphatic hydroxyl groups excluding tert-OH is 1. The van der Waals surface area contributed by atoms with E-state index in [-0.39, 0.29) is 23.1 Å². The molecule has 166 valence electrons. The SMILES string of the molecule is N#CC(=C(O)CSc1nnc(-c2ccccc2Cl)n1C1CCCC1)c1nc2ccccc2[nH]1. The van der Waals surface area contributed by atoms with Crippen LogP contribution in [0.1, 0.15) is 37.5 Å². The first-order valence-corrected chi connectivity index (χ1v) is 12.1. The number of H-pyrrole nitrogens is 1. The number of nitriles is 1. The number of aromatic nitrogens is 5. The summed E-state index contributed by atoms with van der Waals surface area (Å²) < 4.78 is 2.14. The number of imidazole rings is 1. The summed E-state index contributed by atoms with van der Waals surface area (Å²) in [6.45, 7) is 0. The maximum absolute atomic E-state index is 10.8. The topological polar surface area (TPSA) is 103 Å². The van der Waals surface area contributed by atoms with Crippen LogP contribution in [0.4, 0.5) is 0 Å². The third-order valence-corrected chi connectivity index (χ3v) is 7.12. The maximum atomic E-state index is 10.8. The Morgan fingerprint density at radius 2 is 1.91 bits per heavy atom. The number of thioether (sulfide) groups is 1. The van der Waals surface area contributed by atoms with Crippen molar-refractivity contribution in [3.05, 3.63) is 65.1 Å². The molecule has 2 heterocycles. The molecule has 0 spiro atoms. The molecule has 1 fully saturated rings. The first-order chi connectivity index (χ1) is 16.2. The van der Waals surface area contributed by atoms with Crippen LogP contribution in [0.5, 0.6) is 0 Å². The fraction of sp³-hybridized carbons (Fsp3) is 0.250. The second-order valence-electron chi connectivity index (χ2n) is 7.92. The summed E-state index contributed by atoms with van der Waals surface area (Å²) in [4.78, 5) is 7.55. The van der Waals surface area contributed by atoms with Gasteiger partial charge < -0.3 is 10.1 Å². The van der Waals surface area contributed by atoms with Crippen molar-refractivity contribution in [3.63, 3.8) is 0 Å². The third kappa shape index (κ3) is 4.22. The largest absolute Gasteiger partial charge is 0.510 e. The van der Waals surface area contributed by atoms with Crippen molar-refractivity contribution in [2.45, 2.75) is 36.9 Å². The molecule has 0 unspecified atom stereocenters. The van der Waals surface area contributed by atoms with Gasteiger partial charge in [-0.05, 0) is 37.1 Å². The molecule has 1 aliphatic rings. The Labute approximate surface area is 200 Å². The lowest BCUT2D eigenvalue weighted by molar-refractivity contribution is 0.420. The van der Waals surface area contributed by atoms with Crippen LogP contribution in [-0.4, -0.2) is 35.6 Å². The van der Waals surface area contributed by atoms with E-state index in [9.17, 15) is 10.4 Å². The highest BCUT2D eigenvalue weighted by Crippen LogP contribution is 2.38. The average molecular weight is 477 g/mol. The lowest BCUT2D eigenvalue weighted by atomic mass is 10.2. The summed E-state index contributed by atoms with van der Waals surface area (Å²) >= 11 is 7.81. The standard InChI is InChI=1S/C24H21ClN6OS/c25-18-10-4-3-9-16(18)23-29-30-24(31(23)15-7-1-2-8-15)33-14-21(32)17(13-26)22-27-19-11-5-6-12-20(19)28-22/h3-6,9-12,15,32H,1-2,7-8,14H2,(H,27,28). The highest BCUT2D eigenvalue weighted by atomic mass is 35.5. The van der Waals surface area contributed by atoms with E-state index in [1.54, 1.807) is 0 Å². The van der Waals surface area contributed by atoms with Crippen molar-refractivity contribution in [1.29, 1.82) is 5.26 Å². The Kier molecular flexibility index (Phi) is 6.07. The number of hydrogen-bond donors (Lipinski definition) is 2. The summed E-state index contributed by atoms with van der Waals surface area (Å²) in [6, 6.07) is 17.5. The van der Waals surface area contributed by atoms with Gasteiger partial charge in [-0.2, -0.15) is 5.26 Å². The predicted molar refractivity (Wildman–Crippen MR) is 130 cm³/mol. The minimum Gasteiger partial charge on any atom is -0.510 e. The second kappa shape index (κ2) is 9.30. The van der Waals surface area contributed by atoms with Crippen molar-refractivity contribution in [3.8, 4) is 17.5 Å². The number of allylic oxidation sites excluding steroid dienone is 1. The highest BCUT2D eigenvalue weighted by Gasteiger charge is 2.26. The lowest BCUT2D eigenvalue weighted by Gasteiger charge is -2.17. The van der Waals surface area contributed by atoms with Gasteiger partial charge in [0.1, 0.15) is 17.4 Å². The average Bonchev–Trinajstić information content (AvgIpc) is 3.57. The number of fused-ring (bicyclic) bond motifs is 1. The van der Waals surface area contributed by atoms with Gasteiger partial charge in [0.15, 0.2) is 16.8 Å². The highest BCUT2D eigenvalue weighted by molar-refractivity contribution is 7.99. The van der Waals surface area contributed by atoms with Crippen LogP contribution in [0.25, 0.3) is 28.0 Å². The number of halogens is 1. The molecule has 1 aliphatic carbocycles. The molecule has 5 rings (SSSR count). The molecular formula is C24H21ClN6OS. The van der Waals surface area contributed by atoms with E-state index in [1.165, 1.54) is 11.8 Å². The number of nitrogens with zero attached hydrogens (tertiary/aromatic N) is 5. The van der Waals surface area contributed by atoms with E-state index in [1.807, 2.05) is 48.5 Å². The minimum absolute atomic E-state index is 0.0539. The Morgan fingerprint density at radius 1 is 1.15 bits per heavy atom. The fourth-order valence-electron chi connectivity index (χ4n) is 4.22. The second-order valence-corrected chi connectivity index (χ2v) is 9.27. The number of para-hydroxylation sites is 2. The first kappa shape index (κ1) is 21.6. The van der Waals surface area contributed by atoms with Crippen molar-refractivity contribution in [2.75, 3.05) is 5.75 Å². The Bertz CT molecular complexity index is 1350.